The summed E-state index contributed by atoms with van der Waals surface area (Å²) in [5.74, 6) is 1.20. The van der Waals surface area contributed by atoms with Crippen molar-refractivity contribution in [2.45, 2.75) is 24.5 Å². The predicted octanol–water partition coefficient (Wildman–Crippen LogP) is 2.35. The molecule has 1 aliphatic heterocycles. The van der Waals surface area contributed by atoms with Crippen molar-refractivity contribution >= 4 is 11.8 Å². The van der Waals surface area contributed by atoms with Crippen molar-refractivity contribution in [2.75, 3.05) is 5.75 Å². The molecule has 1 fully saturated rings. The standard InChI is InChI=1S/C8H11NS/c1-7(6-9)8-4-2-3-5-10-8/h8H,1-5H2. The fourth-order valence-corrected chi connectivity index (χ4v) is 2.33. The lowest BCUT2D eigenvalue weighted by atomic mass is 10.1. The molecule has 1 heterocycles. The maximum Gasteiger partial charge on any atom is 0.0952 e. The molecule has 1 saturated heterocycles. The Bertz CT molecular complexity index is 163. The van der Waals surface area contributed by atoms with Crippen LogP contribution in [-0.2, 0) is 0 Å². The SMILES string of the molecule is C=C(C#N)C1CCCCS1. The van der Waals surface area contributed by atoms with E-state index in [1.807, 2.05) is 11.8 Å². The Morgan fingerprint density at radius 2 is 2.40 bits per heavy atom. The van der Waals surface area contributed by atoms with E-state index < -0.39 is 0 Å². The number of nitrogens with zero attached hydrogens (tertiary/aromatic N) is 1. The molecule has 1 rings (SSSR count). The Morgan fingerprint density at radius 3 is 2.90 bits per heavy atom. The minimum atomic E-state index is 0.429. The van der Waals surface area contributed by atoms with Gasteiger partial charge in [0.2, 0.25) is 0 Å². The Balaban J connectivity index is 2.40. The van der Waals surface area contributed by atoms with Gasteiger partial charge in [0.15, 0.2) is 0 Å². The second-order valence-electron chi connectivity index (χ2n) is 2.49. The molecule has 0 bridgehead atoms. The molecule has 0 aliphatic carbocycles. The van der Waals surface area contributed by atoms with Crippen LogP contribution in [0.1, 0.15) is 19.3 Å². The minimum absolute atomic E-state index is 0.429. The van der Waals surface area contributed by atoms with E-state index in [2.05, 4.69) is 12.6 Å². The van der Waals surface area contributed by atoms with E-state index in [1.165, 1.54) is 18.6 Å². The van der Waals surface area contributed by atoms with Crippen molar-refractivity contribution in [2.24, 2.45) is 0 Å². The fraction of sp³-hybridized carbons (Fsp3) is 0.625. The Kier molecular flexibility index (Phi) is 2.82. The normalized spacial score (nSPS) is 25.3. The smallest absolute Gasteiger partial charge is 0.0952 e. The first-order valence-corrected chi connectivity index (χ1v) is 4.60. The molecule has 1 nitrogen and oxygen atoms in total. The largest absolute Gasteiger partial charge is 0.193 e. The van der Waals surface area contributed by atoms with E-state index in [4.69, 9.17) is 5.26 Å². The van der Waals surface area contributed by atoms with E-state index in [9.17, 15) is 0 Å². The summed E-state index contributed by atoms with van der Waals surface area (Å²) in [5, 5.41) is 8.95. The summed E-state index contributed by atoms with van der Waals surface area (Å²) in [6, 6.07) is 2.12. The zero-order valence-corrected chi connectivity index (χ0v) is 6.78. The zero-order chi connectivity index (χ0) is 7.40. The van der Waals surface area contributed by atoms with Crippen LogP contribution in [0.25, 0.3) is 0 Å². The first kappa shape index (κ1) is 7.68. The van der Waals surface area contributed by atoms with Crippen molar-refractivity contribution < 1.29 is 0 Å². The summed E-state index contributed by atoms with van der Waals surface area (Å²) < 4.78 is 0. The van der Waals surface area contributed by atoms with Crippen LogP contribution >= 0.6 is 11.8 Å². The average Bonchev–Trinajstić information content (AvgIpc) is 2.05. The Morgan fingerprint density at radius 1 is 1.60 bits per heavy atom. The number of thioether (sulfide) groups is 1. The number of hydrogen-bond donors (Lipinski definition) is 0. The van der Waals surface area contributed by atoms with Crippen LogP contribution in [0.4, 0.5) is 0 Å². The predicted molar refractivity (Wildman–Crippen MR) is 44.9 cm³/mol. The van der Waals surface area contributed by atoms with E-state index >= 15 is 0 Å². The van der Waals surface area contributed by atoms with Crippen LogP contribution in [0, 0.1) is 11.3 Å². The van der Waals surface area contributed by atoms with Gasteiger partial charge in [0.1, 0.15) is 0 Å². The molecule has 0 radical (unpaired) electrons. The van der Waals surface area contributed by atoms with Gasteiger partial charge in [-0.3, -0.25) is 0 Å². The third-order valence-electron chi connectivity index (χ3n) is 1.71. The summed E-state index contributed by atoms with van der Waals surface area (Å²) in [5.41, 5.74) is 0.754. The zero-order valence-electron chi connectivity index (χ0n) is 5.97. The molecule has 1 atom stereocenters. The summed E-state index contributed by atoms with van der Waals surface area (Å²) in [6.45, 7) is 3.71. The van der Waals surface area contributed by atoms with Crippen LogP contribution in [0.2, 0.25) is 0 Å². The molecular formula is C8H11NS. The molecule has 1 unspecified atom stereocenters. The fourth-order valence-electron chi connectivity index (χ4n) is 1.09. The monoisotopic (exact) mass is 153 g/mol. The number of nitriles is 1. The van der Waals surface area contributed by atoms with Crippen LogP contribution in [0.5, 0.6) is 0 Å². The van der Waals surface area contributed by atoms with Gasteiger partial charge in [-0.15, -0.1) is 0 Å². The van der Waals surface area contributed by atoms with Crippen molar-refractivity contribution in [3.63, 3.8) is 0 Å². The van der Waals surface area contributed by atoms with Crippen LogP contribution in [-0.4, -0.2) is 11.0 Å². The summed E-state index contributed by atoms with van der Waals surface area (Å²) in [6.07, 6.45) is 3.72. The van der Waals surface area contributed by atoms with Crippen LogP contribution in [0.3, 0.4) is 0 Å². The molecule has 0 N–H and O–H groups in total. The third-order valence-corrected chi connectivity index (χ3v) is 3.16. The summed E-state index contributed by atoms with van der Waals surface area (Å²) in [7, 11) is 0. The summed E-state index contributed by atoms with van der Waals surface area (Å²) >= 11 is 1.87. The van der Waals surface area contributed by atoms with Crippen molar-refractivity contribution in [1.82, 2.24) is 0 Å². The minimum Gasteiger partial charge on any atom is -0.193 e. The van der Waals surface area contributed by atoms with Gasteiger partial charge in [-0.2, -0.15) is 17.0 Å². The molecule has 0 saturated carbocycles. The van der Waals surface area contributed by atoms with Crippen LogP contribution in [0.15, 0.2) is 12.2 Å². The maximum absolute atomic E-state index is 8.52. The molecule has 10 heavy (non-hydrogen) atoms. The van der Waals surface area contributed by atoms with Gasteiger partial charge in [-0.25, -0.2) is 0 Å². The first-order chi connectivity index (χ1) is 4.84. The van der Waals surface area contributed by atoms with E-state index in [0.717, 1.165) is 12.0 Å². The molecule has 0 aromatic heterocycles. The molecular weight excluding hydrogens is 142 g/mol. The topological polar surface area (TPSA) is 23.8 Å². The van der Waals surface area contributed by atoms with Crippen molar-refractivity contribution in [1.29, 1.82) is 5.26 Å². The second kappa shape index (κ2) is 3.68. The Labute approximate surface area is 66.1 Å². The van der Waals surface area contributed by atoms with Gasteiger partial charge in [-0.1, -0.05) is 13.0 Å². The molecule has 2 heteroatoms. The highest BCUT2D eigenvalue weighted by atomic mass is 32.2. The summed E-state index contributed by atoms with van der Waals surface area (Å²) in [4.78, 5) is 0. The maximum atomic E-state index is 8.52. The van der Waals surface area contributed by atoms with Gasteiger partial charge < -0.3 is 0 Å². The lowest BCUT2D eigenvalue weighted by Gasteiger charge is -2.19. The molecule has 0 amide bonds. The van der Waals surface area contributed by atoms with Gasteiger partial charge in [0.05, 0.1) is 6.07 Å². The molecule has 1 aliphatic rings. The lowest BCUT2D eigenvalue weighted by molar-refractivity contribution is 0.712. The Hall–Kier alpha value is -0.420. The molecule has 0 aromatic rings. The molecule has 0 spiro atoms. The van der Waals surface area contributed by atoms with Crippen molar-refractivity contribution in [3.8, 4) is 6.07 Å². The van der Waals surface area contributed by atoms with Gasteiger partial charge in [-0.05, 0) is 18.6 Å². The van der Waals surface area contributed by atoms with E-state index in [-0.39, 0.29) is 0 Å². The quantitative estimate of drug-likeness (QED) is 0.540. The first-order valence-electron chi connectivity index (χ1n) is 3.55. The van der Waals surface area contributed by atoms with E-state index in [0.29, 0.717) is 5.25 Å². The average molecular weight is 153 g/mol. The van der Waals surface area contributed by atoms with Crippen molar-refractivity contribution in [3.05, 3.63) is 12.2 Å². The highest BCUT2D eigenvalue weighted by Gasteiger charge is 2.15. The van der Waals surface area contributed by atoms with Gasteiger partial charge >= 0.3 is 0 Å². The highest BCUT2D eigenvalue weighted by Crippen LogP contribution is 2.29. The molecule has 54 valence electrons. The van der Waals surface area contributed by atoms with Crippen LogP contribution < -0.4 is 0 Å². The third kappa shape index (κ3) is 1.78. The molecule has 0 aromatic carbocycles. The van der Waals surface area contributed by atoms with Gasteiger partial charge in [0, 0.05) is 10.8 Å². The lowest BCUT2D eigenvalue weighted by Crippen LogP contribution is -2.10. The highest BCUT2D eigenvalue weighted by molar-refractivity contribution is 8.00. The number of hydrogen-bond acceptors (Lipinski definition) is 2. The second-order valence-corrected chi connectivity index (χ2v) is 3.80. The van der Waals surface area contributed by atoms with E-state index in [1.54, 1.807) is 0 Å². The van der Waals surface area contributed by atoms with Gasteiger partial charge in [0.25, 0.3) is 0 Å². The number of rotatable bonds is 1.